The number of aryl methyl sites for hydroxylation is 1. The molecule has 0 spiro atoms. The van der Waals surface area contributed by atoms with Gasteiger partial charge in [0.05, 0.1) is 17.8 Å². The second-order valence-electron chi connectivity index (χ2n) is 7.03. The SMILES string of the molecule is Cc1ccncc1N1C(=O)NC2CC(c3ccccc3Cl)CCC2C1=O. The summed E-state index contributed by atoms with van der Waals surface area (Å²) in [6.07, 6.45) is 5.57. The summed E-state index contributed by atoms with van der Waals surface area (Å²) in [5.41, 5.74) is 2.51. The first-order chi connectivity index (χ1) is 12.6. The van der Waals surface area contributed by atoms with Gasteiger partial charge >= 0.3 is 6.03 Å². The van der Waals surface area contributed by atoms with Gasteiger partial charge in [0.2, 0.25) is 5.91 Å². The standard InChI is InChI=1S/C20H20ClN3O2/c1-12-8-9-22-11-18(12)24-19(25)15-7-6-13(10-17(15)23-20(24)26)14-4-2-3-5-16(14)21/h2-5,8-9,11,13,15,17H,6-7,10H2,1H3,(H,23,26). The number of fused-ring (bicyclic) bond motifs is 1. The lowest BCUT2D eigenvalue weighted by atomic mass is 9.74. The van der Waals surface area contributed by atoms with Crippen LogP contribution in [0.2, 0.25) is 5.02 Å². The Balaban J connectivity index is 1.58. The highest BCUT2D eigenvalue weighted by molar-refractivity contribution is 6.31. The van der Waals surface area contributed by atoms with Crippen molar-refractivity contribution in [2.45, 2.75) is 38.1 Å². The lowest BCUT2D eigenvalue weighted by molar-refractivity contribution is -0.124. The van der Waals surface area contributed by atoms with Crippen LogP contribution in [-0.2, 0) is 4.79 Å². The smallest absolute Gasteiger partial charge is 0.329 e. The Morgan fingerprint density at radius 3 is 2.77 bits per heavy atom. The number of hydrogen-bond acceptors (Lipinski definition) is 3. The Morgan fingerprint density at radius 2 is 2.00 bits per heavy atom. The lowest BCUT2D eigenvalue weighted by Crippen LogP contribution is -2.61. The summed E-state index contributed by atoms with van der Waals surface area (Å²) >= 11 is 6.34. The van der Waals surface area contributed by atoms with Crippen LogP contribution >= 0.6 is 11.6 Å². The van der Waals surface area contributed by atoms with E-state index in [0.717, 1.165) is 35.4 Å². The molecule has 3 unspecified atom stereocenters. The summed E-state index contributed by atoms with van der Waals surface area (Å²) in [4.78, 5) is 31.0. The molecule has 1 aliphatic carbocycles. The third kappa shape index (κ3) is 2.86. The quantitative estimate of drug-likeness (QED) is 0.868. The van der Waals surface area contributed by atoms with Gasteiger partial charge < -0.3 is 5.32 Å². The number of urea groups is 1. The van der Waals surface area contributed by atoms with Crippen molar-refractivity contribution in [3.05, 3.63) is 58.9 Å². The van der Waals surface area contributed by atoms with E-state index in [1.54, 1.807) is 18.5 Å². The van der Waals surface area contributed by atoms with Gasteiger partial charge in [-0.25, -0.2) is 9.69 Å². The number of rotatable bonds is 2. The lowest BCUT2D eigenvalue weighted by Gasteiger charge is -2.42. The first-order valence-corrected chi connectivity index (χ1v) is 9.23. The van der Waals surface area contributed by atoms with E-state index in [2.05, 4.69) is 10.3 Å². The summed E-state index contributed by atoms with van der Waals surface area (Å²) in [7, 11) is 0. The van der Waals surface area contributed by atoms with Crippen LogP contribution in [-0.4, -0.2) is 23.0 Å². The largest absolute Gasteiger partial charge is 0.334 e. The van der Waals surface area contributed by atoms with E-state index in [4.69, 9.17) is 11.6 Å². The fourth-order valence-corrected chi connectivity index (χ4v) is 4.41. The molecule has 4 rings (SSSR count). The normalized spacial score (nSPS) is 25.6. The average Bonchev–Trinajstić information content (AvgIpc) is 2.63. The Labute approximate surface area is 157 Å². The zero-order valence-electron chi connectivity index (χ0n) is 14.5. The molecule has 0 radical (unpaired) electrons. The molecule has 1 aromatic carbocycles. The van der Waals surface area contributed by atoms with Crippen LogP contribution in [0.4, 0.5) is 10.5 Å². The second-order valence-corrected chi connectivity index (χ2v) is 7.44. The van der Waals surface area contributed by atoms with Crippen LogP contribution in [0.5, 0.6) is 0 Å². The van der Waals surface area contributed by atoms with Crippen LogP contribution in [0, 0.1) is 12.8 Å². The zero-order valence-corrected chi connectivity index (χ0v) is 15.2. The highest BCUT2D eigenvalue weighted by atomic mass is 35.5. The molecular formula is C20H20ClN3O2. The van der Waals surface area contributed by atoms with Gasteiger partial charge in [0, 0.05) is 17.3 Å². The van der Waals surface area contributed by atoms with E-state index in [0.29, 0.717) is 5.69 Å². The molecule has 3 amide bonds. The monoisotopic (exact) mass is 369 g/mol. The van der Waals surface area contributed by atoms with Crippen molar-refractivity contribution in [3.63, 3.8) is 0 Å². The van der Waals surface area contributed by atoms with E-state index in [9.17, 15) is 9.59 Å². The molecule has 1 N–H and O–H groups in total. The summed E-state index contributed by atoms with van der Waals surface area (Å²) < 4.78 is 0. The van der Waals surface area contributed by atoms with E-state index in [1.807, 2.05) is 31.2 Å². The number of nitrogens with zero attached hydrogens (tertiary/aromatic N) is 2. The highest BCUT2D eigenvalue weighted by Crippen LogP contribution is 2.41. The highest BCUT2D eigenvalue weighted by Gasteiger charge is 2.45. The topological polar surface area (TPSA) is 62.3 Å². The Hall–Kier alpha value is -2.40. The van der Waals surface area contributed by atoms with Crippen LogP contribution in [0.1, 0.15) is 36.3 Å². The Bertz CT molecular complexity index is 870. The van der Waals surface area contributed by atoms with Crippen LogP contribution in [0.25, 0.3) is 0 Å². The summed E-state index contributed by atoms with van der Waals surface area (Å²) in [6.45, 7) is 1.87. The van der Waals surface area contributed by atoms with Crippen molar-refractivity contribution in [3.8, 4) is 0 Å². The second kappa shape index (κ2) is 6.72. The zero-order chi connectivity index (χ0) is 18.3. The fraction of sp³-hybridized carbons (Fsp3) is 0.350. The minimum absolute atomic E-state index is 0.132. The predicted octanol–water partition coefficient (Wildman–Crippen LogP) is 4.05. The number of anilines is 1. The average molecular weight is 370 g/mol. The van der Waals surface area contributed by atoms with E-state index >= 15 is 0 Å². The van der Waals surface area contributed by atoms with E-state index in [-0.39, 0.29) is 29.8 Å². The van der Waals surface area contributed by atoms with Crippen LogP contribution < -0.4 is 10.2 Å². The Kier molecular flexibility index (Phi) is 4.41. The number of halogens is 1. The minimum Gasteiger partial charge on any atom is -0.334 e. The number of pyridine rings is 1. The van der Waals surface area contributed by atoms with Gasteiger partial charge in [-0.2, -0.15) is 0 Å². The van der Waals surface area contributed by atoms with Crippen molar-refractivity contribution in [1.29, 1.82) is 0 Å². The summed E-state index contributed by atoms with van der Waals surface area (Å²) in [6, 6.07) is 9.09. The van der Waals surface area contributed by atoms with Gasteiger partial charge in [0.15, 0.2) is 0 Å². The van der Waals surface area contributed by atoms with Gasteiger partial charge in [-0.15, -0.1) is 0 Å². The maximum atomic E-state index is 13.0. The Morgan fingerprint density at radius 1 is 1.19 bits per heavy atom. The maximum absolute atomic E-state index is 13.0. The third-order valence-electron chi connectivity index (χ3n) is 5.50. The number of aromatic nitrogens is 1. The van der Waals surface area contributed by atoms with E-state index < -0.39 is 0 Å². The number of carbonyl (C=O) groups excluding carboxylic acids is 2. The molecule has 2 aliphatic rings. The van der Waals surface area contributed by atoms with Crippen molar-refractivity contribution >= 4 is 29.2 Å². The molecule has 1 saturated heterocycles. The number of benzene rings is 1. The first-order valence-electron chi connectivity index (χ1n) is 8.85. The molecule has 6 heteroatoms. The molecule has 1 aromatic heterocycles. The molecule has 26 heavy (non-hydrogen) atoms. The minimum atomic E-state index is -0.368. The van der Waals surface area contributed by atoms with Crippen LogP contribution in [0.3, 0.4) is 0 Å². The molecule has 134 valence electrons. The number of hydrogen-bond donors (Lipinski definition) is 1. The van der Waals surface area contributed by atoms with E-state index in [1.165, 1.54) is 4.90 Å². The van der Waals surface area contributed by atoms with Crippen molar-refractivity contribution in [2.75, 3.05) is 4.90 Å². The number of nitrogens with one attached hydrogen (secondary N) is 1. The van der Waals surface area contributed by atoms with Gasteiger partial charge in [-0.3, -0.25) is 9.78 Å². The molecule has 3 atom stereocenters. The third-order valence-corrected chi connectivity index (χ3v) is 5.84. The van der Waals surface area contributed by atoms with Gasteiger partial charge in [-0.1, -0.05) is 29.8 Å². The van der Waals surface area contributed by atoms with Gasteiger partial charge in [0.1, 0.15) is 0 Å². The molecule has 2 heterocycles. The van der Waals surface area contributed by atoms with Crippen molar-refractivity contribution < 1.29 is 9.59 Å². The molecule has 5 nitrogen and oxygen atoms in total. The fourth-order valence-electron chi connectivity index (χ4n) is 4.12. The maximum Gasteiger partial charge on any atom is 0.329 e. The van der Waals surface area contributed by atoms with Gasteiger partial charge in [0.25, 0.3) is 0 Å². The summed E-state index contributed by atoms with van der Waals surface area (Å²) in [5.74, 6) is -0.0803. The van der Waals surface area contributed by atoms with Crippen molar-refractivity contribution in [2.24, 2.45) is 5.92 Å². The molecule has 1 aliphatic heterocycles. The number of carbonyl (C=O) groups is 2. The summed E-state index contributed by atoms with van der Waals surface area (Å²) in [5, 5.41) is 3.79. The predicted molar refractivity (Wildman–Crippen MR) is 100 cm³/mol. The van der Waals surface area contributed by atoms with Crippen LogP contribution in [0.15, 0.2) is 42.7 Å². The molecular weight excluding hydrogens is 350 g/mol. The first kappa shape index (κ1) is 17.0. The molecule has 2 fully saturated rings. The number of imide groups is 1. The molecule has 1 saturated carbocycles. The van der Waals surface area contributed by atoms with Crippen molar-refractivity contribution in [1.82, 2.24) is 10.3 Å². The molecule has 0 bridgehead atoms. The molecule has 2 aromatic rings. The number of amides is 3. The van der Waals surface area contributed by atoms with Gasteiger partial charge in [-0.05, 0) is 55.4 Å².